The van der Waals surface area contributed by atoms with Crippen LogP contribution in [0.1, 0.15) is 13.8 Å². The molecule has 0 aromatic heterocycles. The molecule has 1 amide bonds. The minimum atomic E-state index is -0.419. The molecule has 0 aromatic rings. The first kappa shape index (κ1) is 11.9. The number of carbonyl (C=O) groups excluding carboxylic acids is 2. The summed E-state index contributed by atoms with van der Waals surface area (Å²) in [6.45, 7) is 8.56. The van der Waals surface area contributed by atoms with Crippen LogP contribution < -0.4 is 0 Å². The van der Waals surface area contributed by atoms with Crippen molar-refractivity contribution in [2.75, 3.05) is 13.1 Å². The number of rotatable bonds is 1. The molecule has 0 bridgehead atoms. The number of hydrogen-bond acceptors (Lipinski definition) is 3. The van der Waals surface area contributed by atoms with E-state index < -0.39 is 6.09 Å². The lowest BCUT2D eigenvalue weighted by molar-refractivity contribution is -0.120. The van der Waals surface area contributed by atoms with E-state index >= 15 is 0 Å². The van der Waals surface area contributed by atoms with Crippen LogP contribution in [0.25, 0.3) is 0 Å². The zero-order chi connectivity index (χ0) is 12.6. The fourth-order valence-corrected chi connectivity index (χ4v) is 2.68. The van der Waals surface area contributed by atoms with Crippen molar-refractivity contribution in [2.24, 2.45) is 17.3 Å². The van der Waals surface area contributed by atoms with Gasteiger partial charge in [-0.05, 0) is 17.4 Å². The molecule has 2 aliphatic rings. The number of hydrogen-bond donors (Lipinski definition) is 0. The molecule has 0 N–H and O–H groups in total. The molecule has 1 aliphatic carbocycles. The fourth-order valence-electron chi connectivity index (χ4n) is 2.68. The van der Waals surface area contributed by atoms with Gasteiger partial charge in [0.1, 0.15) is 0 Å². The molecule has 1 saturated heterocycles. The van der Waals surface area contributed by atoms with E-state index in [1.54, 1.807) is 11.0 Å². The van der Waals surface area contributed by atoms with Crippen LogP contribution in [0.5, 0.6) is 0 Å². The SMILES string of the molecule is C=COC(=O)N1CC2C(=O)C=CC(C)(C)C2C1. The Labute approximate surface area is 101 Å². The fraction of sp³-hybridized carbons (Fsp3) is 0.538. The highest BCUT2D eigenvalue weighted by molar-refractivity contribution is 5.94. The Bertz CT molecular complexity index is 397. The maximum absolute atomic E-state index is 11.8. The van der Waals surface area contributed by atoms with E-state index in [2.05, 4.69) is 20.4 Å². The van der Waals surface area contributed by atoms with Crippen LogP contribution in [0.3, 0.4) is 0 Å². The molecular formula is C13H17NO3. The quantitative estimate of drug-likeness (QED) is 0.653. The van der Waals surface area contributed by atoms with Crippen LogP contribution in [-0.4, -0.2) is 29.9 Å². The second kappa shape index (κ2) is 4.02. The van der Waals surface area contributed by atoms with E-state index in [9.17, 15) is 9.59 Å². The summed E-state index contributed by atoms with van der Waals surface area (Å²) in [5.74, 6) is 0.202. The van der Waals surface area contributed by atoms with E-state index in [4.69, 9.17) is 4.74 Å². The van der Waals surface area contributed by atoms with Gasteiger partial charge in [0.25, 0.3) is 0 Å². The topological polar surface area (TPSA) is 46.6 Å². The van der Waals surface area contributed by atoms with Crippen molar-refractivity contribution in [3.8, 4) is 0 Å². The third-order valence-electron chi connectivity index (χ3n) is 3.76. The molecule has 2 unspecified atom stereocenters. The molecule has 2 atom stereocenters. The minimum Gasteiger partial charge on any atom is -0.419 e. The number of nitrogens with zero attached hydrogens (tertiary/aromatic N) is 1. The number of ketones is 1. The van der Waals surface area contributed by atoms with Crippen molar-refractivity contribution in [3.05, 3.63) is 25.0 Å². The summed E-state index contributed by atoms with van der Waals surface area (Å²) in [4.78, 5) is 25.0. The van der Waals surface area contributed by atoms with Crippen LogP contribution in [0.4, 0.5) is 4.79 Å². The lowest BCUT2D eigenvalue weighted by Crippen LogP contribution is -2.35. The van der Waals surface area contributed by atoms with Crippen LogP contribution in [0, 0.1) is 17.3 Å². The largest absolute Gasteiger partial charge is 0.419 e. The molecule has 0 spiro atoms. The summed E-state index contributed by atoms with van der Waals surface area (Å²) >= 11 is 0. The molecule has 92 valence electrons. The standard InChI is InChI=1S/C13H17NO3/c1-4-17-12(16)14-7-9-10(8-14)13(2,3)6-5-11(9)15/h4-6,9-10H,1,7-8H2,2-3H3. The maximum Gasteiger partial charge on any atom is 0.414 e. The summed E-state index contributed by atoms with van der Waals surface area (Å²) in [6.07, 6.45) is 4.29. The highest BCUT2D eigenvalue weighted by atomic mass is 16.5. The Morgan fingerprint density at radius 3 is 2.88 bits per heavy atom. The van der Waals surface area contributed by atoms with Crippen molar-refractivity contribution in [1.29, 1.82) is 0 Å². The first-order valence-electron chi connectivity index (χ1n) is 5.75. The molecule has 0 radical (unpaired) electrons. The van der Waals surface area contributed by atoms with Crippen molar-refractivity contribution >= 4 is 11.9 Å². The zero-order valence-electron chi connectivity index (χ0n) is 10.2. The third kappa shape index (κ3) is 1.99. The Kier molecular flexibility index (Phi) is 2.81. The number of ether oxygens (including phenoxy) is 1. The minimum absolute atomic E-state index is 0.0538. The van der Waals surface area contributed by atoms with Crippen molar-refractivity contribution < 1.29 is 14.3 Å². The van der Waals surface area contributed by atoms with E-state index in [0.29, 0.717) is 13.1 Å². The Morgan fingerprint density at radius 2 is 2.29 bits per heavy atom. The van der Waals surface area contributed by atoms with Crippen LogP contribution in [0.2, 0.25) is 0 Å². The average molecular weight is 235 g/mol. The average Bonchev–Trinajstić information content (AvgIpc) is 2.71. The number of fused-ring (bicyclic) bond motifs is 1. The van der Waals surface area contributed by atoms with Gasteiger partial charge >= 0.3 is 6.09 Å². The van der Waals surface area contributed by atoms with Gasteiger partial charge in [-0.3, -0.25) is 4.79 Å². The molecule has 1 heterocycles. The second-order valence-corrected chi connectivity index (χ2v) is 5.23. The Morgan fingerprint density at radius 1 is 1.59 bits per heavy atom. The van der Waals surface area contributed by atoms with Crippen LogP contribution >= 0.6 is 0 Å². The van der Waals surface area contributed by atoms with Crippen LogP contribution in [-0.2, 0) is 9.53 Å². The summed E-state index contributed by atoms with van der Waals surface area (Å²) in [6, 6.07) is 0. The summed E-state index contributed by atoms with van der Waals surface area (Å²) < 4.78 is 4.75. The lowest BCUT2D eigenvalue weighted by atomic mass is 9.68. The number of carbonyl (C=O) groups is 2. The smallest absolute Gasteiger partial charge is 0.414 e. The Hall–Kier alpha value is -1.58. The van der Waals surface area contributed by atoms with Crippen LogP contribution in [0.15, 0.2) is 25.0 Å². The molecule has 2 rings (SSSR count). The van der Waals surface area contributed by atoms with Crippen molar-refractivity contribution in [2.45, 2.75) is 13.8 Å². The molecule has 17 heavy (non-hydrogen) atoms. The van der Waals surface area contributed by atoms with Gasteiger partial charge in [0.2, 0.25) is 0 Å². The van der Waals surface area contributed by atoms with E-state index in [1.165, 1.54) is 0 Å². The highest BCUT2D eigenvalue weighted by Gasteiger charge is 2.47. The van der Waals surface area contributed by atoms with E-state index in [-0.39, 0.29) is 23.0 Å². The highest BCUT2D eigenvalue weighted by Crippen LogP contribution is 2.42. The molecule has 1 fully saturated rings. The first-order chi connectivity index (χ1) is 7.95. The van der Waals surface area contributed by atoms with Gasteiger partial charge in [-0.25, -0.2) is 4.79 Å². The van der Waals surface area contributed by atoms with Gasteiger partial charge in [0.15, 0.2) is 5.78 Å². The number of allylic oxidation sites excluding steroid dienone is 2. The maximum atomic E-state index is 11.8. The number of amides is 1. The zero-order valence-corrected chi connectivity index (χ0v) is 10.2. The predicted molar refractivity (Wildman–Crippen MR) is 63.2 cm³/mol. The number of likely N-dealkylation sites (tertiary alicyclic amines) is 1. The van der Waals surface area contributed by atoms with Crippen molar-refractivity contribution in [3.63, 3.8) is 0 Å². The summed E-state index contributed by atoms with van der Waals surface area (Å²) in [5.41, 5.74) is -0.0538. The van der Waals surface area contributed by atoms with Gasteiger partial charge < -0.3 is 9.64 Å². The van der Waals surface area contributed by atoms with Gasteiger partial charge in [-0.15, -0.1) is 0 Å². The molecule has 1 aliphatic heterocycles. The molecule has 4 nitrogen and oxygen atoms in total. The molecular weight excluding hydrogens is 218 g/mol. The summed E-state index contributed by atoms with van der Waals surface area (Å²) in [5, 5.41) is 0. The lowest BCUT2D eigenvalue weighted by Gasteiger charge is -2.34. The normalized spacial score (nSPS) is 30.0. The van der Waals surface area contributed by atoms with Crippen molar-refractivity contribution in [1.82, 2.24) is 4.90 Å². The molecule has 0 aromatic carbocycles. The van der Waals surface area contributed by atoms with Gasteiger partial charge in [-0.1, -0.05) is 26.5 Å². The monoisotopic (exact) mass is 235 g/mol. The van der Waals surface area contributed by atoms with Gasteiger partial charge in [-0.2, -0.15) is 0 Å². The third-order valence-corrected chi connectivity index (χ3v) is 3.76. The first-order valence-corrected chi connectivity index (χ1v) is 5.75. The van der Waals surface area contributed by atoms with E-state index in [1.807, 2.05) is 6.08 Å². The second-order valence-electron chi connectivity index (χ2n) is 5.23. The molecule has 4 heteroatoms. The van der Waals surface area contributed by atoms with E-state index in [0.717, 1.165) is 6.26 Å². The predicted octanol–water partition coefficient (Wildman–Crippen LogP) is 1.98. The summed E-state index contributed by atoms with van der Waals surface area (Å²) in [7, 11) is 0. The van der Waals surface area contributed by atoms with Gasteiger partial charge in [0.05, 0.1) is 6.26 Å². The van der Waals surface area contributed by atoms with Gasteiger partial charge in [0, 0.05) is 19.0 Å². The Balaban J connectivity index is 2.17. The molecule has 0 saturated carbocycles.